The number of hydrogen-bond acceptors (Lipinski definition) is 5. The Morgan fingerprint density at radius 3 is 2.67 bits per heavy atom. The van der Waals surface area contributed by atoms with Gasteiger partial charge in [0.2, 0.25) is 11.8 Å². The minimum Gasteiger partial charge on any atom is -0.340 e. The number of nitrogens with one attached hydrogen (secondary N) is 2. The molecule has 0 aliphatic carbocycles. The van der Waals surface area contributed by atoms with Gasteiger partial charge in [-0.15, -0.1) is 0 Å². The highest BCUT2D eigenvalue weighted by Gasteiger charge is 2.20. The quantitative estimate of drug-likeness (QED) is 0.767. The highest BCUT2D eigenvalue weighted by Crippen LogP contribution is 2.20. The normalized spacial score (nSPS) is 11.8. The molecule has 0 spiro atoms. The van der Waals surface area contributed by atoms with Gasteiger partial charge in [-0.05, 0) is 26.0 Å². The molecule has 24 heavy (non-hydrogen) atoms. The third-order valence-electron chi connectivity index (χ3n) is 3.51. The highest BCUT2D eigenvalue weighted by molar-refractivity contribution is 6.07. The second kappa shape index (κ2) is 7.03. The molecule has 1 heterocycles. The summed E-state index contributed by atoms with van der Waals surface area (Å²) in [5.41, 5.74) is 1.41. The maximum Gasteiger partial charge on any atom is 0.254 e. The fraction of sp³-hybridized carbons (Fsp3) is 0.312. The molecular weight excluding hydrogens is 312 g/mol. The number of nitrogens with zero attached hydrogens (tertiary/aromatic N) is 2. The molecular formula is C16H18N4O4. The number of para-hydroxylation sites is 1. The monoisotopic (exact) mass is 330 g/mol. The number of fused-ring (bicyclic) bond motifs is 1. The third-order valence-corrected chi connectivity index (χ3v) is 3.51. The molecule has 1 aromatic carbocycles. The molecule has 0 aliphatic heterocycles. The zero-order chi connectivity index (χ0) is 17.9. The molecule has 0 aliphatic rings. The predicted octanol–water partition coefficient (Wildman–Crippen LogP) is 0.325. The first kappa shape index (κ1) is 17.3. The van der Waals surface area contributed by atoms with Gasteiger partial charge >= 0.3 is 0 Å². The van der Waals surface area contributed by atoms with E-state index in [-0.39, 0.29) is 6.54 Å². The van der Waals surface area contributed by atoms with Gasteiger partial charge in [0, 0.05) is 6.92 Å². The predicted molar refractivity (Wildman–Crippen MR) is 86.3 cm³/mol. The number of hydrogen-bond donors (Lipinski definition) is 2. The first-order valence-electron chi connectivity index (χ1n) is 7.37. The molecule has 1 aromatic heterocycles. The summed E-state index contributed by atoms with van der Waals surface area (Å²) in [4.78, 5) is 50.2. The van der Waals surface area contributed by atoms with E-state index in [1.54, 1.807) is 29.7 Å². The number of benzene rings is 1. The lowest BCUT2D eigenvalue weighted by Gasteiger charge is -2.13. The number of rotatable bonds is 5. The second-order valence-corrected chi connectivity index (χ2v) is 5.35. The third kappa shape index (κ3) is 3.48. The smallest absolute Gasteiger partial charge is 0.254 e. The van der Waals surface area contributed by atoms with Gasteiger partial charge in [-0.25, -0.2) is 4.98 Å². The largest absolute Gasteiger partial charge is 0.340 e. The number of imidazole rings is 1. The molecule has 126 valence electrons. The zero-order valence-corrected chi connectivity index (χ0v) is 13.6. The van der Waals surface area contributed by atoms with Crippen LogP contribution >= 0.6 is 0 Å². The molecule has 1 unspecified atom stereocenters. The highest BCUT2D eigenvalue weighted by atomic mass is 16.2. The molecule has 2 aromatic rings. The zero-order valence-electron chi connectivity index (χ0n) is 13.6. The van der Waals surface area contributed by atoms with Crippen LogP contribution in [0.15, 0.2) is 18.2 Å². The molecule has 3 amide bonds. The summed E-state index contributed by atoms with van der Waals surface area (Å²) < 4.78 is 1.70. The SMILES string of the molecule is CC(=O)NC(=O)C(C)NC(=O)c1cccc2c1nc(C)n2CC=O. The van der Waals surface area contributed by atoms with Crippen LogP contribution < -0.4 is 10.6 Å². The van der Waals surface area contributed by atoms with Gasteiger partial charge in [-0.2, -0.15) is 0 Å². The van der Waals surface area contributed by atoms with Crippen molar-refractivity contribution in [3.63, 3.8) is 0 Å². The van der Waals surface area contributed by atoms with E-state index in [1.165, 1.54) is 13.8 Å². The maximum absolute atomic E-state index is 12.4. The van der Waals surface area contributed by atoms with Gasteiger partial charge in [0.25, 0.3) is 5.91 Å². The topological polar surface area (TPSA) is 110 Å². The lowest BCUT2D eigenvalue weighted by Crippen LogP contribution is -2.46. The Morgan fingerprint density at radius 2 is 2.04 bits per heavy atom. The maximum atomic E-state index is 12.4. The van der Waals surface area contributed by atoms with E-state index >= 15 is 0 Å². The van der Waals surface area contributed by atoms with Crippen LogP contribution in [-0.2, 0) is 20.9 Å². The van der Waals surface area contributed by atoms with Crippen molar-refractivity contribution in [1.82, 2.24) is 20.2 Å². The number of carbonyl (C=O) groups excluding carboxylic acids is 4. The van der Waals surface area contributed by atoms with Gasteiger partial charge in [-0.1, -0.05) is 6.07 Å². The molecule has 0 saturated heterocycles. The summed E-state index contributed by atoms with van der Waals surface area (Å²) in [5.74, 6) is -0.959. The van der Waals surface area contributed by atoms with Crippen LogP contribution in [-0.4, -0.2) is 39.6 Å². The van der Waals surface area contributed by atoms with Gasteiger partial charge < -0.3 is 14.7 Å². The number of imide groups is 1. The van der Waals surface area contributed by atoms with Crippen molar-refractivity contribution >= 4 is 35.0 Å². The first-order chi connectivity index (χ1) is 11.3. The van der Waals surface area contributed by atoms with Crippen molar-refractivity contribution in [3.8, 4) is 0 Å². The molecule has 1 atom stereocenters. The van der Waals surface area contributed by atoms with E-state index in [9.17, 15) is 19.2 Å². The number of aldehydes is 1. The minimum absolute atomic E-state index is 0.144. The number of carbonyl (C=O) groups is 4. The first-order valence-corrected chi connectivity index (χ1v) is 7.37. The Labute approximate surface area is 138 Å². The van der Waals surface area contributed by atoms with Crippen molar-refractivity contribution < 1.29 is 19.2 Å². The Balaban J connectivity index is 2.30. The van der Waals surface area contributed by atoms with E-state index in [2.05, 4.69) is 15.6 Å². The number of aryl methyl sites for hydroxylation is 1. The summed E-state index contributed by atoms with van der Waals surface area (Å²) in [6.07, 6.45) is 0.759. The number of aromatic nitrogens is 2. The van der Waals surface area contributed by atoms with E-state index in [1.807, 2.05) is 0 Å². The van der Waals surface area contributed by atoms with Crippen LogP contribution in [0, 0.1) is 6.92 Å². The molecule has 2 N–H and O–H groups in total. The van der Waals surface area contributed by atoms with Crippen molar-refractivity contribution in [2.45, 2.75) is 33.4 Å². The number of amides is 3. The van der Waals surface area contributed by atoms with Crippen molar-refractivity contribution in [3.05, 3.63) is 29.6 Å². The van der Waals surface area contributed by atoms with Gasteiger partial charge in [0.1, 0.15) is 23.7 Å². The Kier molecular flexibility index (Phi) is 5.08. The minimum atomic E-state index is -0.880. The summed E-state index contributed by atoms with van der Waals surface area (Å²) in [5, 5.41) is 4.65. The van der Waals surface area contributed by atoms with Crippen molar-refractivity contribution in [2.24, 2.45) is 0 Å². The molecule has 0 radical (unpaired) electrons. The van der Waals surface area contributed by atoms with Crippen molar-refractivity contribution in [1.29, 1.82) is 0 Å². The Bertz CT molecular complexity index is 825. The standard InChI is InChI=1S/C16H18N4O4/c1-9(15(23)19-11(3)22)17-16(24)12-5-4-6-13-14(12)18-10(2)20(13)7-8-21/h4-6,8-9H,7H2,1-3H3,(H,17,24)(H,19,22,23). The van der Waals surface area contributed by atoms with Crippen LogP contribution in [0.4, 0.5) is 0 Å². The Hall–Kier alpha value is -3.03. The Morgan fingerprint density at radius 1 is 1.33 bits per heavy atom. The fourth-order valence-electron chi connectivity index (χ4n) is 2.37. The second-order valence-electron chi connectivity index (χ2n) is 5.35. The van der Waals surface area contributed by atoms with E-state index < -0.39 is 23.8 Å². The van der Waals surface area contributed by atoms with E-state index in [0.29, 0.717) is 22.4 Å². The summed E-state index contributed by atoms with van der Waals surface area (Å²) in [6, 6.07) is 4.15. The summed E-state index contributed by atoms with van der Waals surface area (Å²) in [6.45, 7) is 4.58. The molecule has 0 bridgehead atoms. The van der Waals surface area contributed by atoms with Crippen LogP contribution in [0.5, 0.6) is 0 Å². The van der Waals surface area contributed by atoms with E-state index in [4.69, 9.17) is 0 Å². The van der Waals surface area contributed by atoms with Gasteiger partial charge in [0.15, 0.2) is 0 Å². The van der Waals surface area contributed by atoms with Crippen molar-refractivity contribution in [2.75, 3.05) is 0 Å². The molecule has 8 nitrogen and oxygen atoms in total. The molecule has 2 rings (SSSR count). The van der Waals surface area contributed by atoms with Crippen LogP contribution in [0.3, 0.4) is 0 Å². The average molecular weight is 330 g/mol. The van der Waals surface area contributed by atoms with Gasteiger partial charge in [0.05, 0.1) is 17.6 Å². The summed E-state index contributed by atoms with van der Waals surface area (Å²) >= 11 is 0. The van der Waals surface area contributed by atoms with Crippen LogP contribution in [0.2, 0.25) is 0 Å². The lowest BCUT2D eigenvalue weighted by molar-refractivity contribution is -0.130. The summed E-state index contributed by atoms with van der Waals surface area (Å²) in [7, 11) is 0. The van der Waals surface area contributed by atoms with E-state index in [0.717, 1.165) is 6.29 Å². The molecule has 0 saturated carbocycles. The van der Waals surface area contributed by atoms with Crippen LogP contribution in [0.1, 0.15) is 30.0 Å². The van der Waals surface area contributed by atoms with Crippen LogP contribution in [0.25, 0.3) is 11.0 Å². The average Bonchev–Trinajstić information content (AvgIpc) is 2.83. The molecule has 8 heteroatoms. The lowest BCUT2D eigenvalue weighted by atomic mass is 10.1. The molecule has 0 fully saturated rings. The fourth-order valence-corrected chi connectivity index (χ4v) is 2.37. The van der Waals surface area contributed by atoms with Gasteiger partial charge in [-0.3, -0.25) is 19.7 Å².